The first kappa shape index (κ1) is 23.3. The highest BCUT2D eigenvalue weighted by molar-refractivity contribution is 5.97. The van der Waals surface area contributed by atoms with E-state index in [1.54, 1.807) is 26.4 Å². The van der Waals surface area contributed by atoms with Gasteiger partial charge in [0.25, 0.3) is 5.91 Å². The van der Waals surface area contributed by atoms with Crippen LogP contribution in [0.1, 0.15) is 32.4 Å². The lowest BCUT2D eigenvalue weighted by Gasteiger charge is -2.17. The molecule has 0 heterocycles. The van der Waals surface area contributed by atoms with E-state index in [2.05, 4.69) is 10.6 Å². The SMILES string of the molecule is CCOC(CN/C=C(/C#N)C(=O)NC(C)c1ccc(OC)c(OC)c1)OCC. The Morgan fingerprint density at radius 3 is 2.36 bits per heavy atom. The van der Waals surface area contributed by atoms with Gasteiger partial charge in [-0.2, -0.15) is 5.26 Å². The van der Waals surface area contributed by atoms with Crippen LogP contribution in [0.25, 0.3) is 0 Å². The van der Waals surface area contributed by atoms with E-state index >= 15 is 0 Å². The standard InChI is InChI=1S/C20H29N3O5/c1-6-27-19(28-7-2)13-22-12-16(11-21)20(24)23-14(3)15-8-9-17(25-4)18(10-15)26-5/h8-10,12,14,19,22H,6-7,13H2,1-5H3,(H,23,24)/b16-12-. The molecule has 0 radical (unpaired) electrons. The van der Waals surface area contributed by atoms with Crippen molar-refractivity contribution < 1.29 is 23.7 Å². The zero-order chi connectivity index (χ0) is 20.9. The minimum atomic E-state index is -0.485. The maximum Gasteiger partial charge on any atom is 0.263 e. The Labute approximate surface area is 166 Å². The third-order valence-corrected chi connectivity index (χ3v) is 3.86. The lowest BCUT2D eigenvalue weighted by atomic mass is 10.1. The Bertz CT molecular complexity index is 694. The third-order valence-electron chi connectivity index (χ3n) is 3.86. The minimum Gasteiger partial charge on any atom is -0.493 e. The number of rotatable bonds is 12. The summed E-state index contributed by atoms with van der Waals surface area (Å²) >= 11 is 0. The minimum absolute atomic E-state index is 0.0425. The normalized spacial score (nSPS) is 12.2. The van der Waals surface area contributed by atoms with Gasteiger partial charge in [-0.3, -0.25) is 4.79 Å². The lowest BCUT2D eigenvalue weighted by molar-refractivity contribution is -0.131. The smallest absolute Gasteiger partial charge is 0.263 e. The molecule has 0 aliphatic heterocycles. The van der Waals surface area contributed by atoms with Crippen LogP contribution in [0.4, 0.5) is 0 Å². The van der Waals surface area contributed by atoms with Crippen molar-refractivity contribution >= 4 is 5.91 Å². The van der Waals surface area contributed by atoms with E-state index in [9.17, 15) is 10.1 Å². The van der Waals surface area contributed by atoms with E-state index in [4.69, 9.17) is 18.9 Å². The van der Waals surface area contributed by atoms with E-state index in [0.29, 0.717) is 31.3 Å². The molecule has 0 saturated carbocycles. The second-order valence-electron chi connectivity index (χ2n) is 5.73. The molecule has 1 aromatic carbocycles. The molecular weight excluding hydrogens is 362 g/mol. The molecule has 0 saturated heterocycles. The van der Waals surface area contributed by atoms with Gasteiger partial charge in [0.1, 0.15) is 11.6 Å². The third kappa shape index (κ3) is 7.10. The van der Waals surface area contributed by atoms with Crippen LogP contribution in [0.15, 0.2) is 30.0 Å². The number of carbonyl (C=O) groups excluding carboxylic acids is 1. The fourth-order valence-electron chi connectivity index (χ4n) is 2.42. The zero-order valence-electron chi connectivity index (χ0n) is 17.1. The van der Waals surface area contributed by atoms with E-state index < -0.39 is 12.2 Å². The molecule has 0 bridgehead atoms. The first-order valence-corrected chi connectivity index (χ1v) is 9.10. The molecule has 0 spiro atoms. The number of hydrogen-bond donors (Lipinski definition) is 2. The van der Waals surface area contributed by atoms with Gasteiger partial charge in [0.05, 0.1) is 26.8 Å². The number of carbonyl (C=O) groups is 1. The van der Waals surface area contributed by atoms with Crippen LogP contribution in [0.2, 0.25) is 0 Å². The quantitative estimate of drug-likeness (QED) is 0.320. The van der Waals surface area contributed by atoms with Crippen LogP contribution in [-0.4, -0.2) is 46.2 Å². The van der Waals surface area contributed by atoms with Gasteiger partial charge in [0.15, 0.2) is 17.8 Å². The fraction of sp³-hybridized carbons (Fsp3) is 0.500. The highest BCUT2D eigenvalue weighted by atomic mass is 16.7. The van der Waals surface area contributed by atoms with Crippen molar-refractivity contribution in [1.29, 1.82) is 5.26 Å². The first-order valence-electron chi connectivity index (χ1n) is 9.10. The van der Waals surface area contributed by atoms with Crippen molar-refractivity contribution in [3.8, 4) is 17.6 Å². The topological polar surface area (TPSA) is 102 Å². The second kappa shape index (κ2) is 12.6. The first-order chi connectivity index (χ1) is 13.5. The van der Waals surface area contributed by atoms with Gasteiger partial charge >= 0.3 is 0 Å². The monoisotopic (exact) mass is 391 g/mol. The molecule has 154 valence electrons. The number of hydrogen-bond acceptors (Lipinski definition) is 7. The van der Waals surface area contributed by atoms with Crippen LogP contribution in [0.5, 0.6) is 11.5 Å². The van der Waals surface area contributed by atoms with Gasteiger partial charge in [0, 0.05) is 19.4 Å². The molecule has 1 unspecified atom stereocenters. The Morgan fingerprint density at radius 1 is 1.18 bits per heavy atom. The number of benzene rings is 1. The molecule has 0 fully saturated rings. The maximum atomic E-state index is 12.4. The zero-order valence-corrected chi connectivity index (χ0v) is 17.1. The van der Waals surface area contributed by atoms with Crippen LogP contribution in [-0.2, 0) is 14.3 Å². The van der Waals surface area contributed by atoms with Gasteiger partial charge in [-0.15, -0.1) is 0 Å². The largest absolute Gasteiger partial charge is 0.493 e. The summed E-state index contributed by atoms with van der Waals surface area (Å²) in [6, 6.07) is 6.95. The highest BCUT2D eigenvalue weighted by Crippen LogP contribution is 2.29. The average Bonchev–Trinajstić information content (AvgIpc) is 2.70. The number of nitrogens with zero attached hydrogens (tertiary/aromatic N) is 1. The van der Waals surface area contributed by atoms with E-state index in [1.165, 1.54) is 6.20 Å². The fourth-order valence-corrected chi connectivity index (χ4v) is 2.42. The van der Waals surface area contributed by atoms with Crippen molar-refractivity contribution in [2.45, 2.75) is 33.1 Å². The van der Waals surface area contributed by atoms with Crippen molar-refractivity contribution in [3.63, 3.8) is 0 Å². The number of methoxy groups -OCH3 is 2. The lowest BCUT2D eigenvalue weighted by Crippen LogP contribution is -2.31. The second-order valence-corrected chi connectivity index (χ2v) is 5.73. The van der Waals surface area contributed by atoms with Crippen molar-refractivity contribution in [1.82, 2.24) is 10.6 Å². The molecule has 0 aliphatic rings. The number of amides is 1. The molecule has 1 amide bonds. The predicted molar refractivity (Wildman–Crippen MR) is 105 cm³/mol. The summed E-state index contributed by atoms with van der Waals surface area (Å²) in [6.45, 7) is 6.89. The average molecular weight is 391 g/mol. The molecule has 8 nitrogen and oxygen atoms in total. The molecule has 1 rings (SSSR count). The highest BCUT2D eigenvalue weighted by Gasteiger charge is 2.16. The molecule has 0 aromatic heterocycles. The number of nitriles is 1. The van der Waals surface area contributed by atoms with E-state index in [1.807, 2.05) is 32.9 Å². The summed E-state index contributed by atoms with van der Waals surface area (Å²) in [7, 11) is 3.10. The summed E-state index contributed by atoms with van der Waals surface area (Å²) in [6.07, 6.45) is 0.918. The van der Waals surface area contributed by atoms with E-state index in [-0.39, 0.29) is 11.6 Å². The van der Waals surface area contributed by atoms with Crippen molar-refractivity contribution in [2.24, 2.45) is 0 Å². The molecule has 0 aliphatic carbocycles. The van der Waals surface area contributed by atoms with Crippen LogP contribution < -0.4 is 20.1 Å². The molecule has 1 atom stereocenters. The summed E-state index contributed by atoms with van der Waals surface area (Å²) in [5.74, 6) is 0.683. The Kier molecular flexibility index (Phi) is 10.5. The van der Waals surface area contributed by atoms with Crippen LogP contribution >= 0.6 is 0 Å². The van der Waals surface area contributed by atoms with E-state index in [0.717, 1.165) is 5.56 Å². The maximum absolute atomic E-state index is 12.4. The van der Waals surface area contributed by atoms with Gasteiger partial charge in [0.2, 0.25) is 0 Å². The molecule has 2 N–H and O–H groups in total. The van der Waals surface area contributed by atoms with Crippen molar-refractivity contribution in [3.05, 3.63) is 35.5 Å². The Hall–Kier alpha value is -2.76. The van der Waals surface area contributed by atoms with Crippen molar-refractivity contribution in [2.75, 3.05) is 34.0 Å². The number of nitrogens with one attached hydrogen (secondary N) is 2. The Morgan fingerprint density at radius 2 is 1.82 bits per heavy atom. The molecule has 1 aromatic rings. The molecule has 8 heteroatoms. The van der Waals surface area contributed by atoms with Gasteiger partial charge in [-0.25, -0.2) is 0 Å². The number of ether oxygens (including phenoxy) is 4. The summed E-state index contributed by atoms with van der Waals surface area (Å²) in [5.41, 5.74) is 0.781. The van der Waals surface area contributed by atoms with Crippen LogP contribution in [0.3, 0.4) is 0 Å². The van der Waals surface area contributed by atoms with Gasteiger partial charge in [-0.05, 0) is 38.5 Å². The van der Waals surface area contributed by atoms with Crippen LogP contribution in [0, 0.1) is 11.3 Å². The molecular formula is C20H29N3O5. The molecule has 28 heavy (non-hydrogen) atoms. The summed E-state index contributed by atoms with van der Waals surface area (Å²) < 4.78 is 21.3. The Balaban J connectivity index is 2.73. The summed E-state index contributed by atoms with van der Waals surface area (Å²) in [4.78, 5) is 12.4. The van der Waals surface area contributed by atoms with Gasteiger partial charge < -0.3 is 29.6 Å². The summed E-state index contributed by atoms with van der Waals surface area (Å²) in [5, 5.41) is 15.0. The predicted octanol–water partition coefficient (Wildman–Crippen LogP) is 2.28. The van der Waals surface area contributed by atoms with Gasteiger partial charge in [-0.1, -0.05) is 6.07 Å².